The average Bonchev–Trinajstić information content (AvgIpc) is 3.67. The fraction of sp³-hybridized carbons (Fsp3) is 0.222. The largest absolute Gasteiger partial charge is 0.481 e. The molecule has 0 saturated carbocycles. The van der Waals surface area contributed by atoms with Gasteiger partial charge < -0.3 is 29.7 Å². The third-order valence-electron chi connectivity index (χ3n) is 9.12. The first-order valence-electron chi connectivity index (χ1n) is 15.8. The Labute approximate surface area is 280 Å². The van der Waals surface area contributed by atoms with Gasteiger partial charge in [0.2, 0.25) is 5.88 Å². The van der Waals surface area contributed by atoms with Crippen LogP contribution in [-0.2, 0) is 26.6 Å². The van der Waals surface area contributed by atoms with E-state index in [0.29, 0.717) is 23.9 Å². The van der Waals surface area contributed by atoms with Crippen molar-refractivity contribution in [3.63, 3.8) is 0 Å². The van der Waals surface area contributed by atoms with Crippen molar-refractivity contribution in [3.05, 3.63) is 108 Å². The number of hydroxylamine groups is 1. The summed E-state index contributed by atoms with van der Waals surface area (Å²) in [6, 6.07) is 17.4. The molecule has 0 saturated heterocycles. The molecule has 7 rings (SSSR count). The van der Waals surface area contributed by atoms with E-state index in [1.807, 2.05) is 31.2 Å². The first-order valence-corrected chi connectivity index (χ1v) is 15.8. The molecule has 0 fully saturated rings. The van der Waals surface area contributed by atoms with E-state index < -0.39 is 0 Å². The van der Waals surface area contributed by atoms with Gasteiger partial charge in [-0.2, -0.15) is 0 Å². The van der Waals surface area contributed by atoms with Gasteiger partial charge in [0, 0.05) is 73.7 Å². The maximum atomic E-state index is 13.4. The lowest BCUT2D eigenvalue weighted by atomic mass is 9.84. The van der Waals surface area contributed by atoms with E-state index >= 15 is 0 Å². The molecule has 242 valence electrons. The Morgan fingerprint density at radius 3 is 2.62 bits per heavy atom. The van der Waals surface area contributed by atoms with Crippen LogP contribution in [0, 0.1) is 6.92 Å². The standard InChI is InChI=1S/C36H37BN8O3/c1-21-25(26-9-7-11-28(34(26)37)40-22(2)35-41-30-20-43(3)15-13-31(30)44(35)4)8-6-10-27(21)42-36(46)29-17-32-23(18-39-29)19-45(48-32)24-12-14-38-33(16-24)47-5/h6-12,14,16-18,40H,2,13,15,19-20,37H2,1,3-5H3,(H,42,46). The number of aromatic nitrogens is 4. The Morgan fingerprint density at radius 1 is 1.02 bits per heavy atom. The lowest BCUT2D eigenvalue weighted by Crippen LogP contribution is -2.27. The highest BCUT2D eigenvalue weighted by atomic mass is 16.7. The number of carbonyl (C=O) groups is 1. The molecule has 11 nitrogen and oxygen atoms in total. The molecule has 2 N–H and O–H groups in total. The first-order chi connectivity index (χ1) is 23.2. The topological polar surface area (TPSA) is 110 Å². The van der Waals surface area contributed by atoms with Crippen LogP contribution in [-0.4, -0.2) is 58.9 Å². The number of hydrogen-bond donors (Lipinski definition) is 2. The molecule has 0 bridgehead atoms. The average molecular weight is 641 g/mol. The first kappa shape index (κ1) is 31.0. The molecule has 0 unspecified atom stereocenters. The van der Waals surface area contributed by atoms with E-state index in [-0.39, 0.29) is 11.6 Å². The SMILES string of the molecule is Bc1c(NC(=C)c2nc3c(n2C)CCN(C)C3)cccc1-c1cccc(NC(=O)c2cc3c(cn2)CN(c2ccnc(OC)c2)O3)c1C. The molecule has 2 aliphatic rings. The van der Waals surface area contributed by atoms with E-state index in [0.717, 1.165) is 75.8 Å². The van der Waals surface area contributed by atoms with Crippen molar-refractivity contribution in [1.82, 2.24) is 24.4 Å². The van der Waals surface area contributed by atoms with Gasteiger partial charge in [-0.05, 0) is 48.9 Å². The highest BCUT2D eigenvalue weighted by Crippen LogP contribution is 2.34. The van der Waals surface area contributed by atoms with Gasteiger partial charge in [-0.25, -0.2) is 15.0 Å². The molecular weight excluding hydrogens is 603 g/mol. The van der Waals surface area contributed by atoms with E-state index in [1.165, 1.54) is 5.69 Å². The number of nitrogens with zero attached hydrogens (tertiary/aromatic N) is 6. The van der Waals surface area contributed by atoms with Gasteiger partial charge in [-0.3, -0.25) is 9.78 Å². The van der Waals surface area contributed by atoms with Crippen molar-refractivity contribution in [3.8, 4) is 22.8 Å². The van der Waals surface area contributed by atoms with E-state index in [9.17, 15) is 4.79 Å². The molecule has 2 aliphatic heterocycles. The minimum Gasteiger partial charge on any atom is -0.481 e. The molecule has 1 amide bonds. The minimum absolute atomic E-state index is 0.260. The third kappa shape index (κ3) is 5.75. The predicted octanol–water partition coefficient (Wildman–Crippen LogP) is 4.09. The fourth-order valence-electron chi connectivity index (χ4n) is 6.37. The summed E-state index contributed by atoms with van der Waals surface area (Å²) in [5.74, 6) is 1.59. The monoisotopic (exact) mass is 640 g/mol. The summed E-state index contributed by atoms with van der Waals surface area (Å²) in [5.41, 5.74) is 10.8. The quantitative estimate of drug-likeness (QED) is 0.243. The molecule has 12 heteroatoms. The van der Waals surface area contributed by atoms with Crippen molar-refractivity contribution in [2.75, 3.05) is 36.4 Å². The van der Waals surface area contributed by atoms with Crippen LogP contribution in [0.5, 0.6) is 11.6 Å². The zero-order chi connectivity index (χ0) is 33.5. The molecule has 5 aromatic rings. The van der Waals surface area contributed by atoms with Crippen LogP contribution in [0.4, 0.5) is 17.1 Å². The van der Waals surface area contributed by atoms with Crippen LogP contribution < -0.4 is 30.7 Å². The second kappa shape index (κ2) is 12.5. The zero-order valence-electron chi connectivity index (χ0n) is 27.8. The summed E-state index contributed by atoms with van der Waals surface area (Å²) < 4.78 is 7.40. The highest BCUT2D eigenvalue weighted by Gasteiger charge is 2.25. The van der Waals surface area contributed by atoms with Crippen LogP contribution in [0.3, 0.4) is 0 Å². The Bertz CT molecular complexity index is 2080. The number of imidazole rings is 1. The fourth-order valence-corrected chi connectivity index (χ4v) is 6.37. The number of nitrogens with one attached hydrogen (secondary N) is 2. The van der Waals surface area contributed by atoms with Gasteiger partial charge in [0.1, 0.15) is 13.5 Å². The number of anilines is 3. The Hall–Kier alpha value is -5.62. The summed E-state index contributed by atoms with van der Waals surface area (Å²) in [7, 11) is 7.84. The van der Waals surface area contributed by atoms with Crippen molar-refractivity contribution in [2.24, 2.45) is 7.05 Å². The number of ether oxygens (including phenoxy) is 1. The Morgan fingerprint density at radius 2 is 1.81 bits per heavy atom. The van der Waals surface area contributed by atoms with E-state index in [2.05, 4.69) is 76.8 Å². The smallest absolute Gasteiger partial charge is 0.274 e. The van der Waals surface area contributed by atoms with Crippen molar-refractivity contribution in [2.45, 2.75) is 26.4 Å². The van der Waals surface area contributed by atoms with Gasteiger partial charge >= 0.3 is 0 Å². The molecule has 5 heterocycles. The number of likely N-dealkylation sites (N-methyl/N-ethyl adjacent to an activating group) is 1. The summed E-state index contributed by atoms with van der Waals surface area (Å²) in [6.07, 6.45) is 4.31. The Kier molecular flexibility index (Phi) is 8.10. The number of rotatable bonds is 8. The lowest BCUT2D eigenvalue weighted by Gasteiger charge is -2.21. The summed E-state index contributed by atoms with van der Waals surface area (Å²) in [5, 5.41) is 8.32. The number of carbonyl (C=O) groups excluding carboxylic acids is 1. The molecule has 0 aliphatic carbocycles. The summed E-state index contributed by atoms with van der Waals surface area (Å²) in [4.78, 5) is 35.3. The number of hydrogen-bond acceptors (Lipinski definition) is 9. The minimum atomic E-state index is -0.321. The van der Waals surface area contributed by atoms with Gasteiger partial charge in [-0.15, -0.1) is 0 Å². The maximum absolute atomic E-state index is 13.4. The van der Waals surface area contributed by atoms with Crippen LogP contribution in [0.15, 0.2) is 73.6 Å². The Balaban J connectivity index is 1.08. The molecule has 48 heavy (non-hydrogen) atoms. The molecular formula is C36H37BN8O3. The number of benzene rings is 2. The third-order valence-corrected chi connectivity index (χ3v) is 9.12. The second-order valence-corrected chi connectivity index (χ2v) is 12.3. The molecule has 2 aromatic carbocycles. The summed E-state index contributed by atoms with van der Waals surface area (Å²) in [6.45, 7) is 8.71. The van der Waals surface area contributed by atoms with Gasteiger partial charge in [0.25, 0.3) is 5.91 Å². The number of methoxy groups -OCH3 is 1. The van der Waals surface area contributed by atoms with E-state index in [1.54, 1.807) is 36.7 Å². The van der Waals surface area contributed by atoms with Crippen LogP contribution >= 0.6 is 0 Å². The maximum Gasteiger partial charge on any atom is 0.274 e. The molecule has 0 radical (unpaired) electrons. The molecule has 0 spiro atoms. The number of fused-ring (bicyclic) bond motifs is 2. The number of pyridine rings is 2. The van der Waals surface area contributed by atoms with Crippen molar-refractivity contribution < 1.29 is 14.4 Å². The molecule has 3 aromatic heterocycles. The van der Waals surface area contributed by atoms with Crippen LogP contribution in [0.25, 0.3) is 16.8 Å². The normalized spacial score (nSPS) is 13.8. The number of amides is 1. The van der Waals surface area contributed by atoms with Gasteiger partial charge in [0.05, 0.1) is 30.7 Å². The highest BCUT2D eigenvalue weighted by molar-refractivity contribution is 6.39. The van der Waals surface area contributed by atoms with Gasteiger partial charge in [0.15, 0.2) is 11.6 Å². The van der Waals surface area contributed by atoms with E-state index in [4.69, 9.17) is 14.6 Å². The van der Waals surface area contributed by atoms with Crippen LogP contribution in [0.2, 0.25) is 0 Å². The molecule has 0 atom stereocenters. The second-order valence-electron chi connectivity index (χ2n) is 12.3. The van der Waals surface area contributed by atoms with Crippen LogP contribution in [0.1, 0.15) is 38.8 Å². The van der Waals surface area contributed by atoms with Crippen molar-refractivity contribution in [1.29, 1.82) is 0 Å². The zero-order valence-corrected chi connectivity index (χ0v) is 27.8. The van der Waals surface area contributed by atoms with Crippen molar-refractivity contribution >= 4 is 42.0 Å². The predicted molar refractivity (Wildman–Crippen MR) is 190 cm³/mol. The van der Waals surface area contributed by atoms with Gasteiger partial charge in [-0.1, -0.05) is 36.3 Å². The summed E-state index contributed by atoms with van der Waals surface area (Å²) >= 11 is 0. The lowest BCUT2D eigenvalue weighted by molar-refractivity contribution is 0.102.